The zero-order valence-electron chi connectivity index (χ0n) is 27.2. The van der Waals surface area contributed by atoms with Crippen LogP contribution in [0.15, 0.2) is 42.9 Å². The molecule has 272 valence electrons. The number of thioether (sulfide) groups is 1. The van der Waals surface area contributed by atoms with Crippen LogP contribution in [0.1, 0.15) is 26.3 Å². The van der Waals surface area contributed by atoms with E-state index in [1.165, 1.54) is 54.5 Å². The maximum absolute atomic E-state index is 14.1. The predicted molar refractivity (Wildman–Crippen MR) is 171 cm³/mol. The maximum atomic E-state index is 14.1. The third-order valence-corrected chi connectivity index (χ3v) is 9.74. The van der Waals surface area contributed by atoms with Crippen LogP contribution in [0, 0.1) is 17.5 Å². The minimum atomic E-state index is -1.64. The third kappa shape index (κ3) is 8.02. The highest BCUT2D eigenvalue weighted by Gasteiger charge is 2.52. The molecule has 1 N–H and O–H groups in total. The topological polar surface area (TPSA) is 175 Å². The van der Waals surface area contributed by atoms with Crippen molar-refractivity contribution < 1.29 is 51.6 Å². The summed E-state index contributed by atoms with van der Waals surface area (Å²) in [6.07, 6.45) is 1.35. The molecule has 2 aliphatic rings. The molecule has 51 heavy (non-hydrogen) atoms. The highest BCUT2D eigenvalue weighted by atomic mass is 35.5. The number of aliphatic hydroxyl groups is 1. The lowest BCUT2D eigenvalue weighted by Gasteiger charge is -2.46. The molecule has 0 aliphatic carbocycles. The highest BCUT2D eigenvalue weighted by molar-refractivity contribution is 8.00. The van der Waals surface area contributed by atoms with Gasteiger partial charge in [0, 0.05) is 50.0 Å². The number of hydrogen-bond acceptors (Lipinski definition) is 14. The van der Waals surface area contributed by atoms with Gasteiger partial charge < -0.3 is 28.8 Å². The van der Waals surface area contributed by atoms with E-state index >= 15 is 0 Å². The Hall–Kier alpha value is -4.14. The fraction of sp³-hybridized carbons (Fsp3) is 0.452. The SMILES string of the molecule is COC1C(SC2COCC(O)(n3cc(-c4ccnc(Cl)c4)nn3)C2)OC(COC(C)=O)C(OC(C)=O)C1n1cc(-c2cc(F)c(F)c(F)c2)nn1. The molecular weight excluding hydrogens is 723 g/mol. The number of rotatable bonds is 10. The maximum Gasteiger partial charge on any atom is 0.303 e. The smallest absolute Gasteiger partial charge is 0.303 e. The van der Waals surface area contributed by atoms with E-state index in [1.807, 2.05) is 0 Å². The number of methoxy groups -OCH3 is 1. The monoisotopic (exact) mass is 753 g/mol. The lowest BCUT2D eigenvalue weighted by Crippen LogP contribution is -2.58. The number of nitrogens with zero attached hydrogens (tertiary/aromatic N) is 7. The van der Waals surface area contributed by atoms with Gasteiger partial charge in [-0.1, -0.05) is 22.0 Å². The Labute approximate surface area is 297 Å². The molecule has 15 nitrogen and oxygen atoms in total. The number of pyridine rings is 1. The van der Waals surface area contributed by atoms with Crippen molar-refractivity contribution in [1.29, 1.82) is 0 Å². The fourth-order valence-electron chi connectivity index (χ4n) is 5.92. The summed E-state index contributed by atoms with van der Waals surface area (Å²) in [5.41, 5.74) is -1.54. The summed E-state index contributed by atoms with van der Waals surface area (Å²) in [4.78, 5) is 28.2. The minimum Gasteiger partial charge on any atom is -0.463 e. The van der Waals surface area contributed by atoms with Gasteiger partial charge in [0.1, 0.15) is 46.8 Å². The van der Waals surface area contributed by atoms with Crippen LogP contribution in [0.25, 0.3) is 22.5 Å². The Kier molecular flexibility index (Phi) is 10.9. The van der Waals surface area contributed by atoms with Gasteiger partial charge in [-0.2, -0.15) is 0 Å². The molecule has 20 heteroatoms. The van der Waals surface area contributed by atoms with Gasteiger partial charge in [-0.15, -0.1) is 22.0 Å². The number of esters is 2. The summed E-state index contributed by atoms with van der Waals surface area (Å²) >= 11 is 7.27. The molecule has 7 atom stereocenters. The van der Waals surface area contributed by atoms with Crippen LogP contribution < -0.4 is 0 Å². The van der Waals surface area contributed by atoms with E-state index < -0.39 is 70.2 Å². The molecule has 0 radical (unpaired) electrons. The molecule has 2 saturated heterocycles. The van der Waals surface area contributed by atoms with Crippen molar-refractivity contribution in [2.75, 3.05) is 26.9 Å². The van der Waals surface area contributed by atoms with Gasteiger partial charge in [0.2, 0.25) is 0 Å². The molecule has 2 aliphatic heterocycles. The highest BCUT2D eigenvalue weighted by Crippen LogP contribution is 2.43. The van der Waals surface area contributed by atoms with Gasteiger partial charge in [-0.25, -0.2) is 27.5 Å². The molecule has 0 saturated carbocycles. The summed E-state index contributed by atoms with van der Waals surface area (Å²) in [6.45, 7) is 2.14. The van der Waals surface area contributed by atoms with Crippen molar-refractivity contribution >= 4 is 35.3 Å². The normalized spacial score (nSPS) is 26.5. The standard InChI is InChI=1S/C31H31ClF3N7O8S/c1-15(43)48-13-24-28(49-16(2)44)27(41-10-22(37-39-41)18-6-20(33)26(35)21(34)7-18)29(46-3)30(50-24)51-19-9-31(45,14-47-12-19)42-11-23(38-40-42)17-4-5-36-25(32)8-17/h4-8,10-11,19,24,27-30,45H,9,12-14H2,1-3H3. The number of benzene rings is 1. The lowest BCUT2D eigenvalue weighted by molar-refractivity contribution is -0.208. The van der Waals surface area contributed by atoms with E-state index in [2.05, 4.69) is 25.6 Å². The van der Waals surface area contributed by atoms with E-state index in [9.17, 15) is 27.9 Å². The zero-order chi connectivity index (χ0) is 36.4. The first-order chi connectivity index (χ1) is 24.3. The van der Waals surface area contributed by atoms with Crippen molar-refractivity contribution in [1.82, 2.24) is 35.0 Å². The summed E-state index contributed by atoms with van der Waals surface area (Å²) in [5, 5.41) is 28.0. The van der Waals surface area contributed by atoms with E-state index in [1.54, 1.807) is 18.3 Å². The van der Waals surface area contributed by atoms with Crippen molar-refractivity contribution in [2.45, 2.75) is 61.0 Å². The van der Waals surface area contributed by atoms with Gasteiger partial charge in [-0.05, 0) is 24.3 Å². The van der Waals surface area contributed by atoms with Crippen LogP contribution in [0.2, 0.25) is 5.15 Å². The Morgan fingerprint density at radius 3 is 2.47 bits per heavy atom. The first-order valence-corrected chi connectivity index (χ1v) is 16.7. The van der Waals surface area contributed by atoms with Gasteiger partial charge in [0.05, 0.1) is 25.6 Å². The van der Waals surface area contributed by atoms with Crippen molar-refractivity contribution in [2.24, 2.45) is 0 Å². The summed E-state index contributed by atoms with van der Waals surface area (Å²) in [5.74, 6) is -5.80. The molecule has 0 bridgehead atoms. The van der Waals surface area contributed by atoms with Crippen molar-refractivity contribution in [3.8, 4) is 22.5 Å². The average Bonchev–Trinajstić information content (AvgIpc) is 3.78. The van der Waals surface area contributed by atoms with Crippen LogP contribution in [0.4, 0.5) is 13.2 Å². The second-order valence-electron chi connectivity index (χ2n) is 11.8. The molecular formula is C31H31ClF3N7O8S. The number of carbonyl (C=O) groups is 2. The number of ether oxygens (including phenoxy) is 5. The van der Waals surface area contributed by atoms with Crippen LogP contribution in [0.5, 0.6) is 0 Å². The molecule has 5 heterocycles. The molecule has 4 aromatic rings. The van der Waals surface area contributed by atoms with Gasteiger partial charge >= 0.3 is 11.9 Å². The molecule has 0 amide bonds. The van der Waals surface area contributed by atoms with Gasteiger partial charge in [0.25, 0.3) is 0 Å². The molecule has 7 unspecified atom stereocenters. The van der Waals surface area contributed by atoms with Gasteiger partial charge in [-0.3, -0.25) is 9.59 Å². The summed E-state index contributed by atoms with van der Waals surface area (Å²) < 4.78 is 73.5. The second kappa shape index (κ2) is 15.2. The predicted octanol–water partition coefficient (Wildman–Crippen LogP) is 3.31. The van der Waals surface area contributed by atoms with E-state index in [0.717, 1.165) is 12.1 Å². The second-order valence-corrected chi connectivity index (χ2v) is 13.6. The number of halogens is 4. The Balaban J connectivity index is 1.30. The van der Waals surface area contributed by atoms with E-state index in [4.69, 9.17) is 35.3 Å². The molecule has 0 spiro atoms. The van der Waals surface area contributed by atoms with Crippen LogP contribution in [-0.2, 0) is 39.0 Å². The fourth-order valence-corrected chi connectivity index (χ4v) is 7.64. The van der Waals surface area contributed by atoms with Crippen LogP contribution in [-0.4, -0.2) is 108 Å². The lowest BCUT2D eigenvalue weighted by atomic mass is 9.96. The van der Waals surface area contributed by atoms with Gasteiger partial charge in [0.15, 0.2) is 29.3 Å². The summed E-state index contributed by atoms with van der Waals surface area (Å²) in [7, 11) is 1.39. The summed E-state index contributed by atoms with van der Waals surface area (Å²) in [6, 6.07) is 3.85. The van der Waals surface area contributed by atoms with E-state index in [0.29, 0.717) is 11.3 Å². The zero-order valence-corrected chi connectivity index (χ0v) is 28.8. The first-order valence-electron chi connectivity index (χ1n) is 15.4. The number of aromatic nitrogens is 7. The molecule has 2 fully saturated rings. The van der Waals surface area contributed by atoms with Crippen LogP contribution in [0.3, 0.4) is 0 Å². The minimum absolute atomic E-state index is 0.0246. The molecule has 1 aromatic carbocycles. The number of hydrogen-bond donors (Lipinski definition) is 1. The first kappa shape index (κ1) is 36.6. The van der Waals surface area contributed by atoms with Crippen molar-refractivity contribution in [3.63, 3.8) is 0 Å². The quantitative estimate of drug-likeness (QED) is 0.142. The molecule has 3 aromatic heterocycles. The molecule has 6 rings (SSSR count). The van der Waals surface area contributed by atoms with Crippen molar-refractivity contribution in [3.05, 3.63) is 65.5 Å². The van der Waals surface area contributed by atoms with E-state index in [-0.39, 0.29) is 42.7 Å². The number of carbonyl (C=O) groups excluding carboxylic acids is 2. The Morgan fingerprint density at radius 2 is 1.78 bits per heavy atom. The third-order valence-electron chi connectivity index (χ3n) is 8.20. The average molecular weight is 754 g/mol. The Bertz CT molecular complexity index is 1880. The largest absolute Gasteiger partial charge is 0.463 e. The Morgan fingerprint density at radius 1 is 1.06 bits per heavy atom. The van der Waals surface area contributed by atoms with Crippen LogP contribution >= 0.6 is 23.4 Å².